The standard InChI is InChI=1S/C20H19N3O5/c1-2-3-10-22-19(25)15-9-8-13(11-16(15)20(22)26)18(24)21-12-14-6-4-5-7-17(14)23(27)28/h4-9,11H,2-3,10,12H2,1H3,(H,21,24). The van der Waals surface area contributed by atoms with Crippen LogP contribution in [0.3, 0.4) is 0 Å². The number of fused-ring (bicyclic) bond motifs is 1. The maximum atomic E-state index is 12.5. The van der Waals surface area contributed by atoms with Crippen molar-refractivity contribution in [1.82, 2.24) is 10.2 Å². The van der Waals surface area contributed by atoms with Crippen LogP contribution in [0.1, 0.15) is 56.4 Å². The molecule has 8 heteroatoms. The molecular weight excluding hydrogens is 362 g/mol. The molecule has 0 saturated heterocycles. The van der Waals surface area contributed by atoms with Gasteiger partial charge in [0.2, 0.25) is 0 Å². The van der Waals surface area contributed by atoms with Crippen molar-refractivity contribution in [3.63, 3.8) is 0 Å². The number of imide groups is 1. The SMILES string of the molecule is CCCCN1C(=O)c2ccc(C(=O)NCc3ccccc3[N+](=O)[O-])cc2C1=O. The van der Waals surface area contributed by atoms with Crippen molar-refractivity contribution in [2.24, 2.45) is 0 Å². The van der Waals surface area contributed by atoms with Crippen molar-refractivity contribution in [3.05, 3.63) is 74.8 Å². The molecule has 8 nitrogen and oxygen atoms in total. The molecular formula is C20H19N3O5. The van der Waals surface area contributed by atoms with Crippen molar-refractivity contribution in [2.75, 3.05) is 6.54 Å². The summed E-state index contributed by atoms with van der Waals surface area (Å²) in [6, 6.07) is 10.5. The van der Waals surface area contributed by atoms with Crippen molar-refractivity contribution >= 4 is 23.4 Å². The molecule has 0 aliphatic carbocycles. The van der Waals surface area contributed by atoms with Gasteiger partial charge in [-0.3, -0.25) is 29.4 Å². The Morgan fingerprint density at radius 1 is 1.11 bits per heavy atom. The fourth-order valence-electron chi connectivity index (χ4n) is 3.07. The Hall–Kier alpha value is -3.55. The normalized spacial score (nSPS) is 12.8. The van der Waals surface area contributed by atoms with Crippen LogP contribution < -0.4 is 5.32 Å². The number of nitrogens with zero attached hydrogens (tertiary/aromatic N) is 2. The molecule has 1 aliphatic rings. The first-order chi connectivity index (χ1) is 13.4. The lowest BCUT2D eigenvalue weighted by Crippen LogP contribution is -2.30. The molecule has 0 aromatic heterocycles. The van der Waals surface area contributed by atoms with Gasteiger partial charge in [-0.1, -0.05) is 31.5 Å². The van der Waals surface area contributed by atoms with E-state index in [4.69, 9.17) is 0 Å². The Kier molecular flexibility index (Phi) is 5.49. The largest absolute Gasteiger partial charge is 0.348 e. The number of rotatable bonds is 7. The van der Waals surface area contributed by atoms with Gasteiger partial charge >= 0.3 is 0 Å². The number of carbonyl (C=O) groups is 3. The van der Waals surface area contributed by atoms with E-state index < -0.39 is 16.7 Å². The molecule has 1 heterocycles. The Morgan fingerprint density at radius 3 is 2.54 bits per heavy atom. The predicted molar refractivity (Wildman–Crippen MR) is 101 cm³/mol. The first-order valence-corrected chi connectivity index (χ1v) is 8.94. The molecule has 0 atom stereocenters. The van der Waals surface area contributed by atoms with E-state index >= 15 is 0 Å². The molecule has 0 saturated carbocycles. The first-order valence-electron chi connectivity index (χ1n) is 8.94. The van der Waals surface area contributed by atoms with E-state index in [1.807, 2.05) is 6.92 Å². The Balaban J connectivity index is 1.75. The minimum Gasteiger partial charge on any atom is -0.348 e. The average Bonchev–Trinajstić information content (AvgIpc) is 2.94. The maximum absolute atomic E-state index is 12.5. The van der Waals surface area contributed by atoms with E-state index in [9.17, 15) is 24.5 Å². The van der Waals surface area contributed by atoms with Gasteiger partial charge in [-0.15, -0.1) is 0 Å². The number of hydrogen-bond donors (Lipinski definition) is 1. The summed E-state index contributed by atoms with van der Waals surface area (Å²) in [5.74, 6) is -1.23. The number of hydrogen-bond acceptors (Lipinski definition) is 5. The lowest BCUT2D eigenvalue weighted by molar-refractivity contribution is -0.385. The molecule has 0 bridgehead atoms. The molecule has 2 aromatic carbocycles. The number of amides is 3. The van der Waals surface area contributed by atoms with Crippen LogP contribution in [0.25, 0.3) is 0 Å². The van der Waals surface area contributed by atoms with Gasteiger partial charge in [0, 0.05) is 30.3 Å². The van der Waals surface area contributed by atoms with E-state index in [1.165, 1.54) is 29.2 Å². The van der Waals surface area contributed by atoms with Crippen LogP contribution in [0, 0.1) is 10.1 Å². The average molecular weight is 381 g/mol. The quantitative estimate of drug-likeness (QED) is 0.450. The lowest BCUT2D eigenvalue weighted by atomic mass is 10.1. The number of benzene rings is 2. The maximum Gasteiger partial charge on any atom is 0.274 e. The van der Waals surface area contributed by atoms with Gasteiger partial charge in [0.15, 0.2) is 0 Å². The van der Waals surface area contributed by atoms with E-state index in [0.717, 1.165) is 6.42 Å². The second kappa shape index (κ2) is 7.99. The first kappa shape index (κ1) is 19.2. The second-order valence-corrected chi connectivity index (χ2v) is 6.44. The van der Waals surface area contributed by atoms with E-state index in [1.54, 1.807) is 18.2 Å². The topological polar surface area (TPSA) is 110 Å². The van der Waals surface area contributed by atoms with Crippen LogP contribution in [0.15, 0.2) is 42.5 Å². The minimum absolute atomic E-state index is 0.0252. The highest BCUT2D eigenvalue weighted by Gasteiger charge is 2.35. The van der Waals surface area contributed by atoms with E-state index in [2.05, 4.69) is 5.32 Å². The highest BCUT2D eigenvalue weighted by Crippen LogP contribution is 2.24. The van der Waals surface area contributed by atoms with Gasteiger partial charge in [-0.05, 0) is 24.6 Å². The van der Waals surface area contributed by atoms with Crippen LogP contribution >= 0.6 is 0 Å². The summed E-state index contributed by atoms with van der Waals surface area (Å²) in [7, 11) is 0. The van der Waals surface area contributed by atoms with Crippen molar-refractivity contribution < 1.29 is 19.3 Å². The number of carbonyl (C=O) groups excluding carboxylic acids is 3. The van der Waals surface area contributed by atoms with Gasteiger partial charge in [0.1, 0.15) is 0 Å². The molecule has 3 rings (SSSR count). The third-order valence-electron chi connectivity index (χ3n) is 4.60. The zero-order chi connectivity index (χ0) is 20.3. The van der Waals surface area contributed by atoms with Gasteiger partial charge in [-0.25, -0.2) is 0 Å². The molecule has 144 valence electrons. The number of nitro groups is 1. The molecule has 28 heavy (non-hydrogen) atoms. The Morgan fingerprint density at radius 2 is 1.82 bits per heavy atom. The monoisotopic (exact) mass is 381 g/mol. The van der Waals surface area contributed by atoms with Crippen LogP contribution in [0.4, 0.5) is 5.69 Å². The number of nitrogens with one attached hydrogen (secondary N) is 1. The third kappa shape index (κ3) is 3.62. The molecule has 0 spiro atoms. The lowest BCUT2D eigenvalue weighted by Gasteiger charge is -2.12. The molecule has 1 aliphatic heterocycles. The zero-order valence-electron chi connectivity index (χ0n) is 15.3. The fourth-order valence-corrected chi connectivity index (χ4v) is 3.07. The van der Waals surface area contributed by atoms with Crippen LogP contribution in [0.5, 0.6) is 0 Å². The number of nitro benzene ring substituents is 1. The van der Waals surface area contributed by atoms with E-state index in [0.29, 0.717) is 18.5 Å². The zero-order valence-corrected chi connectivity index (χ0v) is 15.3. The van der Waals surface area contributed by atoms with Gasteiger partial charge in [0.05, 0.1) is 16.1 Å². The summed E-state index contributed by atoms with van der Waals surface area (Å²) in [5, 5.41) is 13.7. The summed E-state index contributed by atoms with van der Waals surface area (Å²) in [6.45, 7) is 2.29. The molecule has 0 fully saturated rings. The Labute approximate surface area is 161 Å². The van der Waals surface area contributed by atoms with Crippen molar-refractivity contribution in [1.29, 1.82) is 0 Å². The van der Waals surface area contributed by atoms with Gasteiger partial charge < -0.3 is 5.32 Å². The number of para-hydroxylation sites is 1. The van der Waals surface area contributed by atoms with E-state index in [-0.39, 0.29) is 34.8 Å². The molecule has 2 aromatic rings. The van der Waals surface area contributed by atoms with Gasteiger partial charge in [0.25, 0.3) is 23.4 Å². The molecule has 3 amide bonds. The molecule has 1 N–H and O–H groups in total. The third-order valence-corrected chi connectivity index (χ3v) is 4.60. The minimum atomic E-state index is -0.508. The highest BCUT2D eigenvalue weighted by molar-refractivity contribution is 6.22. The van der Waals surface area contributed by atoms with Crippen LogP contribution in [-0.2, 0) is 6.54 Å². The van der Waals surface area contributed by atoms with Gasteiger partial charge in [-0.2, -0.15) is 0 Å². The number of unbranched alkanes of at least 4 members (excludes halogenated alkanes) is 1. The predicted octanol–water partition coefficient (Wildman–Crippen LogP) is 2.92. The van der Waals surface area contributed by atoms with Crippen LogP contribution in [0.2, 0.25) is 0 Å². The van der Waals surface area contributed by atoms with Crippen molar-refractivity contribution in [2.45, 2.75) is 26.3 Å². The Bertz CT molecular complexity index is 970. The summed E-state index contributed by atoms with van der Waals surface area (Å²) < 4.78 is 0. The fraction of sp³-hybridized carbons (Fsp3) is 0.250. The molecule has 0 unspecified atom stereocenters. The summed E-state index contributed by atoms with van der Waals surface area (Å²) in [5.41, 5.74) is 1.01. The highest BCUT2D eigenvalue weighted by atomic mass is 16.6. The summed E-state index contributed by atoms with van der Waals surface area (Å²) in [4.78, 5) is 49.0. The smallest absolute Gasteiger partial charge is 0.274 e. The summed E-state index contributed by atoms with van der Waals surface area (Å²) in [6.07, 6.45) is 1.57. The van der Waals surface area contributed by atoms with Crippen LogP contribution in [-0.4, -0.2) is 34.1 Å². The molecule has 0 radical (unpaired) electrons. The van der Waals surface area contributed by atoms with Crippen molar-refractivity contribution in [3.8, 4) is 0 Å². The second-order valence-electron chi connectivity index (χ2n) is 6.44. The summed E-state index contributed by atoms with van der Waals surface area (Å²) >= 11 is 0.